The van der Waals surface area contributed by atoms with Gasteiger partial charge in [-0.2, -0.15) is 0 Å². The third-order valence-electron chi connectivity index (χ3n) is 3.74. The minimum absolute atomic E-state index is 0.106. The summed E-state index contributed by atoms with van der Waals surface area (Å²) in [5.41, 5.74) is 2.78. The van der Waals surface area contributed by atoms with Crippen molar-refractivity contribution in [2.24, 2.45) is 0 Å². The van der Waals surface area contributed by atoms with Gasteiger partial charge in [-0.05, 0) is 51.5 Å². The Morgan fingerprint density at radius 2 is 1.78 bits per heavy atom. The summed E-state index contributed by atoms with van der Waals surface area (Å²) in [4.78, 5) is 11.9. The fourth-order valence-electron chi connectivity index (χ4n) is 2.45. The molecule has 0 aliphatic carbocycles. The first-order chi connectivity index (χ1) is 12.7. The molecule has 5 nitrogen and oxygen atoms in total. The zero-order chi connectivity index (χ0) is 20.0. The predicted octanol–water partition coefficient (Wildman–Crippen LogP) is 4.56. The van der Waals surface area contributed by atoms with Crippen LogP contribution in [0.5, 0.6) is 11.5 Å². The van der Waals surface area contributed by atoms with Crippen molar-refractivity contribution in [1.82, 2.24) is 5.32 Å². The number of hydrogen-bond acceptors (Lipinski definition) is 4. The molecule has 0 spiro atoms. The van der Waals surface area contributed by atoms with Crippen molar-refractivity contribution in [1.29, 1.82) is 0 Å². The summed E-state index contributed by atoms with van der Waals surface area (Å²) < 4.78 is 11.0. The van der Waals surface area contributed by atoms with Gasteiger partial charge in [-0.1, -0.05) is 29.3 Å². The fraction of sp³-hybridized carbons (Fsp3) is 0.381. The zero-order valence-corrected chi connectivity index (χ0v) is 17.2. The molecule has 0 bridgehead atoms. The molecular formula is C21H27ClN2O3. The summed E-state index contributed by atoms with van der Waals surface area (Å²) in [6, 6.07) is 11.6. The molecule has 2 rings (SSSR count). The topological polar surface area (TPSA) is 59.6 Å². The normalized spacial score (nSPS) is 11.0. The molecule has 0 aliphatic heterocycles. The molecule has 0 aliphatic rings. The number of benzene rings is 2. The highest BCUT2D eigenvalue weighted by molar-refractivity contribution is 6.31. The van der Waals surface area contributed by atoms with Crippen LogP contribution in [0.1, 0.15) is 31.9 Å². The molecule has 0 unspecified atom stereocenters. The van der Waals surface area contributed by atoms with Gasteiger partial charge in [0.05, 0.1) is 7.11 Å². The highest BCUT2D eigenvalue weighted by atomic mass is 35.5. The van der Waals surface area contributed by atoms with Gasteiger partial charge in [0.2, 0.25) is 0 Å². The van der Waals surface area contributed by atoms with Gasteiger partial charge in [0, 0.05) is 28.9 Å². The summed E-state index contributed by atoms with van der Waals surface area (Å²) in [6.45, 7) is 8.23. The third-order valence-corrected chi connectivity index (χ3v) is 4.09. The van der Waals surface area contributed by atoms with Crippen LogP contribution in [0, 0.1) is 6.92 Å². The number of anilines is 1. The Kier molecular flexibility index (Phi) is 6.97. The Bertz CT molecular complexity index is 783. The van der Waals surface area contributed by atoms with Crippen molar-refractivity contribution in [2.45, 2.75) is 39.8 Å². The summed E-state index contributed by atoms with van der Waals surface area (Å²) in [5.74, 6) is 0.764. The van der Waals surface area contributed by atoms with Gasteiger partial charge in [-0.25, -0.2) is 0 Å². The summed E-state index contributed by atoms with van der Waals surface area (Å²) in [7, 11) is 1.56. The van der Waals surface area contributed by atoms with Gasteiger partial charge < -0.3 is 20.1 Å². The Morgan fingerprint density at radius 3 is 2.37 bits per heavy atom. The Balaban J connectivity index is 2.05. The van der Waals surface area contributed by atoms with E-state index < -0.39 is 0 Å². The quantitative estimate of drug-likeness (QED) is 0.727. The number of ether oxygens (including phenoxy) is 2. The van der Waals surface area contributed by atoms with Gasteiger partial charge in [-0.15, -0.1) is 0 Å². The molecule has 0 saturated heterocycles. The maximum Gasteiger partial charge on any atom is 0.258 e. The maximum absolute atomic E-state index is 11.9. The van der Waals surface area contributed by atoms with Crippen LogP contribution < -0.4 is 20.1 Å². The maximum atomic E-state index is 11.9. The zero-order valence-electron chi connectivity index (χ0n) is 16.5. The lowest BCUT2D eigenvalue weighted by atomic mass is 10.1. The summed E-state index contributed by atoms with van der Waals surface area (Å²) >= 11 is 6.40. The first kappa shape index (κ1) is 20.9. The van der Waals surface area contributed by atoms with E-state index in [4.69, 9.17) is 21.1 Å². The van der Waals surface area contributed by atoms with Gasteiger partial charge in [-0.3, -0.25) is 4.79 Å². The minimum Gasteiger partial charge on any atom is -0.493 e. The number of rotatable bonds is 7. The van der Waals surface area contributed by atoms with Gasteiger partial charge >= 0.3 is 0 Å². The number of carbonyl (C=O) groups excluding carboxylic acids is 1. The van der Waals surface area contributed by atoms with E-state index in [1.165, 1.54) is 5.56 Å². The van der Waals surface area contributed by atoms with E-state index in [1.807, 2.05) is 58.0 Å². The van der Waals surface area contributed by atoms with Crippen molar-refractivity contribution in [2.75, 3.05) is 19.0 Å². The number of amides is 1. The van der Waals surface area contributed by atoms with Crippen LogP contribution in [-0.2, 0) is 11.3 Å². The van der Waals surface area contributed by atoms with Gasteiger partial charge in [0.15, 0.2) is 18.1 Å². The highest BCUT2D eigenvalue weighted by Gasteiger charge is 2.16. The number of hydrogen-bond donors (Lipinski definition) is 2. The van der Waals surface area contributed by atoms with E-state index in [-0.39, 0.29) is 18.1 Å². The lowest BCUT2D eigenvalue weighted by Crippen LogP contribution is -2.43. The largest absolute Gasteiger partial charge is 0.493 e. The van der Waals surface area contributed by atoms with E-state index in [2.05, 4.69) is 10.6 Å². The first-order valence-electron chi connectivity index (χ1n) is 8.79. The van der Waals surface area contributed by atoms with E-state index in [1.54, 1.807) is 13.2 Å². The van der Waals surface area contributed by atoms with Crippen molar-refractivity contribution in [3.05, 3.63) is 52.5 Å². The number of nitrogens with one attached hydrogen (secondary N) is 2. The molecule has 2 aromatic rings. The molecule has 0 saturated carbocycles. The lowest BCUT2D eigenvalue weighted by molar-refractivity contribution is -0.124. The van der Waals surface area contributed by atoms with Crippen molar-refractivity contribution in [3.63, 3.8) is 0 Å². The number of halogens is 1. The molecule has 0 radical (unpaired) electrons. The van der Waals surface area contributed by atoms with Crippen molar-refractivity contribution < 1.29 is 14.3 Å². The monoisotopic (exact) mass is 390 g/mol. The van der Waals surface area contributed by atoms with Crippen LogP contribution in [0.25, 0.3) is 0 Å². The van der Waals surface area contributed by atoms with Crippen LogP contribution in [0.4, 0.5) is 5.69 Å². The van der Waals surface area contributed by atoms with Crippen LogP contribution in [-0.4, -0.2) is 25.2 Å². The molecule has 0 heterocycles. The molecule has 0 aromatic heterocycles. The molecule has 146 valence electrons. The predicted molar refractivity (Wildman–Crippen MR) is 110 cm³/mol. The van der Waals surface area contributed by atoms with Crippen LogP contribution in [0.15, 0.2) is 36.4 Å². The molecule has 2 N–H and O–H groups in total. The molecule has 6 heteroatoms. The Labute approximate surface area is 166 Å². The highest BCUT2D eigenvalue weighted by Crippen LogP contribution is 2.33. The van der Waals surface area contributed by atoms with Crippen LogP contribution in [0.2, 0.25) is 5.02 Å². The standard InChI is InChI=1S/C21H27ClN2O3/c1-14-6-8-16(9-7-14)23-12-15-10-18(26-5)19(11-17(15)22)27-13-20(25)24-21(2,3)4/h6-11,23H,12-13H2,1-5H3,(H,24,25). The number of aryl methyl sites for hydroxylation is 1. The van der Waals surface area contributed by atoms with E-state index in [9.17, 15) is 4.79 Å². The van der Waals surface area contributed by atoms with Crippen molar-refractivity contribution in [3.8, 4) is 11.5 Å². The number of carbonyl (C=O) groups is 1. The molecule has 0 fully saturated rings. The minimum atomic E-state index is -0.312. The van der Waals surface area contributed by atoms with Crippen LogP contribution >= 0.6 is 11.6 Å². The second-order valence-electron chi connectivity index (χ2n) is 7.40. The molecule has 2 aromatic carbocycles. The number of methoxy groups -OCH3 is 1. The Morgan fingerprint density at radius 1 is 1.11 bits per heavy atom. The Hall–Kier alpha value is -2.40. The molecule has 27 heavy (non-hydrogen) atoms. The molecular weight excluding hydrogens is 364 g/mol. The second kappa shape index (κ2) is 9.00. The molecule has 0 atom stereocenters. The second-order valence-corrected chi connectivity index (χ2v) is 7.81. The van der Waals surface area contributed by atoms with Crippen molar-refractivity contribution >= 4 is 23.2 Å². The summed E-state index contributed by atoms with van der Waals surface area (Å²) in [6.07, 6.45) is 0. The average Bonchev–Trinajstić information content (AvgIpc) is 2.59. The lowest BCUT2D eigenvalue weighted by Gasteiger charge is -2.21. The fourth-order valence-corrected chi connectivity index (χ4v) is 2.67. The molecule has 1 amide bonds. The van der Waals surface area contributed by atoms with E-state index >= 15 is 0 Å². The van der Waals surface area contributed by atoms with E-state index in [0.29, 0.717) is 23.1 Å². The smallest absolute Gasteiger partial charge is 0.258 e. The van der Waals surface area contributed by atoms with E-state index in [0.717, 1.165) is 11.3 Å². The third kappa shape index (κ3) is 6.68. The van der Waals surface area contributed by atoms with Crippen LogP contribution in [0.3, 0.4) is 0 Å². The average molecular weight is 391 g/mol. The van der Waals surface area contributed by atoms with Gasteiger partial charge in [0.25, 0.3) is 5.91 Å². The first-order valence-corrected chi connectivity index (χ1v) is 9.16. The summed E-state index contributed by atoms with van der Waals surface area (Å²) in [5, 5.41) is 6.72. The SMILES string of the molecule is COc1cc(CNc2ccc(C)cc2)c(Cl)cc1OCC(=O)NC(C)(C)C. The van der Waals surface area contributed by atoms with Gasteiger partial charge in [0.1, 0.15) is 0 Å².